The summed E-state index contributed by atoms with van der Waals surface area (Å²) in [5.41, 5.74) is 2.18. The third-order valence-corrected chi connectivity index (χ3v) is 5.90. The van der Waals surface area contributed by atoms with Crippen LogP contribution in [0.3, 0.4) is 0 Å². The van der Waals surface area contributed by atoms with Crippen LogP contribution in [0.4, 0.5) is 10.1 Å². The lowest BCUT2D eigenvalue weighted by Gasteiger charge is -2.25. The number of aromatic nitrogens is 1. The molecule has 5 rings (SSSR count). The Morgan fingerprint density at radius 1 is 0.944 bits per heavy atom. The van der Waals surface area contributed by atoms with E-state index in [2.05, 4.69) is 4.98 Å². The molecule has 0 bridgehead atoms. The van der Waals surface area contributed by atoms with Crippen LogP contribution in [0, 0.1) is 12.7 Å². The van der Waals surface area contributed by atoms with E-state index in [1.54, 1.807) is 42.6 Å². The molecule has 1 atom stereocenters. The summed E-state index contributed by atoms with van der Waals surface area (Å²) in [4.78, 5) is 31.8. The largest absolute Gasteiger partial charge is 0.507 e. The van der Waals surface area contributed by atoms with Gasteiger partial charge in [-0.25, -0.2) is 4.39 Å². The number of ketones is 1. The standard InChI is InChI=1S/C29H21FN2O4/c1-18-4-2-6-24(16-18)36-23-13-11-22(12-14-23)32-26(20-5-3-15-31-17-20)25(28(34)29(32)35)27(33)19-7-9-21(30)10-8-19/h2-17,26,33H,1H3/b27-25-. The van der Waals surface area contributed by atoms with Gasteiger partial charge in [-0.3, -0.25) is 19.5 Å². The van der Waals surface area contributed by atoms with E-state index in [1.807, 2.05) is 31.2 Å². The van der Waals surface area contributed by atoms with Crippen molar-refractivity contribution < 1.29 is 23.8 Å². The Balaban J connectivity index is 1.56. The summed E-state index contributed by atoms with van der Waals surface area (Å²) in [6.45, 7) is 1.97. The maximum atomic E-state index is 13.4. The highest BCUT2D eigenvalue weighted by Gasteiger charge is 2.47. The fourth-order valence-corrected chi connectivity index (χ4v) is 4.20. The van der Waals surface area contributed by atoms with Gasteiger partial charge in [-0.1, -0.05) is 18.2 Å². The average molecular weight is 480 g/mol. The summed E-state index contributed by atoms with van der Waals surface area (Å²) in [7, 11) is 0. The number of carbonyl (C=O) groups is 2. The van der Waals surface area contributed by atoms with Gasteiger partial charge in [0.15, 0.2) is 0 Å². The Morgan fingerprint density at radius 2 is 1.69 bits per heavy atom. The number of halogens is 1. The minimum absolute atomic E-state index is 0.0975. The molecule has 1 aliphatic rings. The molecule has 6 nitrogen and oxygen atoms in total. The predicted molar refractivity (Wildman–Crippen MR) is 133 cm³/mol. The van der Waals surface area contributed by atoms with Gasteiger partial charge >= 0.3 is 0 Å². The van der Waals surface area contributed by atoms with Crippen molar-refractivity contribution in [3.05, 3.63) is 125 Å². The van der Waals surface area contributed by atoms with Crippen LogP contribution in [0.5, 0.6) is 11.5 Å². The van der Waals surface area contributed by atoms with Gasteiger partial charge in [0.1, 0.15) is 23.1 Å². The molecule has 1 aromatic heterocycles. The summed E-state index contributed by atoms with van der Waals surface area (Å²) in [5.74, 6) is -1.26. The van der Waals surface area contributed by atoms with Crippen LogP contribution in [0.25, 0.3) is 5.76 Å². The van der Waals surface area contributed by atoms with E-state index >= 15 is 0 Å². The second-order valence-corrected chi connectivity index (χ2v) is 8.37. The monoisotopic (exact) mass is 480 g/mol. The summed E-state index contributed by atoms with van der Waals surface area (Å²) in [6, 6.07) is 21.9. The van der Waals surface area contributed by atoms with Crippen LogP contribution in [0.2, 0.25) is 0 Å². The number of amides is 1. The Morgan fingerprint density at radius 3 is 2.36 bits per heavy atom. The molecule has 1 fully saturated rings. The van der Waals surface area contributed by atoms with Crippen molar-refractivity contribution in [2.45, 2.75) is 13.0 Å². The lowest BCUT2D eigenvalue weighted by atomic mass is 9.96. The summed E-state index contributed by atoms with van der Waals surface area (Å²) in [5, 5.41) is 11.0. The van der Waals surface area contributed by atoms with Crippen molar-refractivity contribution in [3.63, 3.8) is 0 Å². The van der Waals surface area contributed by atoms with Crippen molar-refractivity contribution in [1.29, 1.82) is 0 Å². The van der Waals surface area contributed by atoms with Gasteiger partial charge in [-0.2, -0.15) is 0 Å². The molecule has 7 heteroatoms. The molecule has 1 N–H and O–H groups in total. The molecule has 1 unspecified atom stereocenters. The van der Waals surface area contributed by atoms with E-state index in [-0.39, 0.29) is 16.9 Å². The lowest BCUT2D eigenvalue weighted by Crippen LogP contribution is -2.29. The zero-order valence-corrected chi connectivity index (χ0v) is 19.3. The van der Waals surface area contributed by atoms with Gasteiger partial charge in [0.25, 0.3) is 11.7 Å². The topological polar surface area (TPSA) is 79.7 Å². The first-order chi connectivity index (χ1) is 17.4. The van der Waals surface area contributed by atoms with Crippen molar-refractivity contribution in [2.24, 2.45) is 0 Å². The highest BCUT2D eigenvalue weighted by atomic mass is 19.1. The Kier molecular flexibility index (Phi) is 6.04. The molecule has 1 aliphatic heterocycles. The number of carbonyl (C=O) groups excluding carboxylic acids is 2. The van der Waals surface area contributed by atoms with E-state index in [0.717, 1.165) is 5.56 Å². The quantitative estimate of drug-likeness (QED) is 0.217. The number of benzene rings is 3. The molecular weight excluding hydrogens is 459 g/mol. The van der Waals surface area contributed by atoms with Gasteiger partial charge in [0.05, 0.1) is 11.6 Å². The van der Waals surface area contributed by atoms with E-state index in [9.17, 15) is 19.1 Å². The number of hydrogen-bond acceptors (Lipinski definition) is 5. The van der Waals surface area contributed by atoms with E-state index in [0.29, 0.717) is 22.7 Å². The molecule has 2 heterocycles. The highest BCUT2D eigenvalue weighted by Crippen LogP contribution is 2.42. The minimum atomic E-state index is -0.924. The third kappa shape index (κ3) is 4.34. The number of pyridine rings is 1. The van der Waals surface area contributed by atoms with Crippen molar-refractivity contribution >= 4 is 23.1 Å². The van der Waals surface area contributed by atoms with Gasteiger partial charge in [0, 0.05) is 23.6 Å². The minimum Gasteiger partial charge on any atom is -0.507 e. The molecule has 1 amide bonds. The van der Waals surface area contributed by atoms with Crippen molar-refractivity contribution in [3.8, 4) is 11.5 Å². The van der Waals surface area contributed by atoms with Gasteiger partial charge < -0.3 is 9.84 Å². The first-order valence-electron chi connectivity index (χ1n) is 11.2. The average Bonchev–Trinajstić information content (AvgIpc) is 3.15. The maximum absolute atomic E-state index is 13.4. The maximum Gasteiger partial charge on any atom is 0.300 e. The molecular formula is C29H21FN2O4. The predicted octanol–water partition coefficient (Wildman–Crippen LogP) is 5.95. The van der Waals surface area contributed by atoms with Crippen LogP contribution in [-0.4, -0.2) is 21.8 Å². The van der Waals surface area contributed by atoms with Gasteiger partial charge in [0.2, 0.25) is 0 Å². The van der Waals surface area contributed by atoms with Crippen LogP contribution < -0.4 is 9.64 Å². The second-order valence-electron chi connectivity index (χ2n) is 8.37. The number of Topliss-reactive ketones (excluding diaryl/α,β-unsaturated/α-hetero) is 1. The number of nitrogens with zero attached hydrogens (tertiary/aromatic N) is 2. The fraction of sp³-hybridized carbons (Fsp3) is 0.0690. The number of aliphatic hydroxyl groups excluding tert-OH is 1. The van der Waals surface area contributed by atoms with Crippen LogP contribution in [0.1, 0.15) is 22.7 Å². The van der Waals surface area contributed by atoms with Crippen molar-refractivity contribution in [1.82, 2.24) is 4.98 Å². The first kappa shape index (κ1) is 23.0. The van der Waals surface area contributed by atoms with E-state index in [4.69, 9.17) is 4.74 Å². The molecule has 0 saturated carbocycles. The lowest BCUT2D eigenvalue weighted by molar-refractivity contribution is -0.132. The molecule has 0 radical (unpaired) electrons. The Hall–Kier alpha value is -4.78. The molecule has 0 spiro atoms. The Labute approximate surface area is 206 Å². The highest BCUT2D eigenvalue weighted by molar-refractivity contribution is 6.51. The SMILES string of the molecule is Cc1cccc(Oc2ccc(N3C(=O)C(=O)/C(=C(\O)c4ccc(F)cc4)C3c3cccnc3)cc2)c1. The fourth-order valence-electron chi connectivity index (χ4n) is 4.20. The zero-order valence-electron chi connectivity index (χ0n) is 19.3. The number of ether oxygens (including phenoxy) is 1. The molecule has 3 aromatic carbocycles. The zero-order chi connectivity index (χ0) is 25.2. The second kappa shape index (κ2) is 9.46. The Bertz CT molecular complexity index is 1470. The van der Waals surface area contributed by atoms with Crippen LogP contribution in [0.15, 0.2) is 103 Å². The van der Waals surface area contributed by atoms with Crippen LogP contribution >= 0.6 is 0 Å². The smallest absolute Gasteiger partial charge is 0.300 e. The van der Waals surface area contributed by atoms with Crippen molar-refractivity contribution in [2.75, 3.05) is 4.90 Å². The molecule has 1 saturated heterocycles. The number of aliphatic hydroxyl groups is 1. The first-order valence-corrected chi connectivity index (χ1v) is 11.2. The van der Waals surface area contributed by atoms with Gasteiger partial charge in [-0.15, -0.1) is 0 Å². The molecule has 178 valence electrons. The molecule has 36 heavy (non-hydrogen) atoms. The molecule has 4 aromatic rings. The number of anilines is 1. The van der Waals surface area contributed by atoms with E-state index in [1.165, 1.54) is 35.4 Å². The normalized spacial score (nSPS) is 16.8. The van der Waals surface area contributed by atoms with Gasteiger partial charge in [-0.05, 0) is 84.8 Å². The van der Waals surface area contributed by atoms with Crippen LogP contribution in [-0.2, 0) is 9.59 Å². The molecule has 0 aliphatic carbocycles. The summed E-state index contributed by atoms with van der Waals surface area (Å²) >= 11 is 0. The van der Waals surface area contributed by atoms with E-state index < -0.39 is 23.5 Å². The third-order valence-electron chi connectivity index (χ3n) is 5.90. The number of rotatable bonds is 5. The summed E-state index contributed by atoms with van der Waals surface area (Å²) in [6.07, 6.45) is 3.11. The number of aryl methyl sites for hydroxylation is 1. The number of hydrogen-bond donors (Lipinski definition) is 1. The summed E-state index contributed by atoms with van der Waals surface area (Å²) < 4.78 is 19.3.